The molecule has 0 spiro atoms. The number of methoxy groups -OCH3 is 1. The van der Waals surface area contributed by atoms with Gasteiger partial charge in [-0.1, -0.05) is 54.1 Å². The van der Waals surface area contributed by atoms with Crippen molar-refractivity contribution in [3.05, 3.63) is 100 Å². The number of nitrogens with zero attached hydrogens (tertiary/aromatic N) is 1. The lowest BCUT2D eigenvalue weighted by Crippen LogP contribution is -2.29. The standard InChI is InChI=1S/C25H20ClNO4/c1-15-7-6-10-18(13-15)27-22(16-8-4-3-5-9-16)21(24(29)25(27)30)23(28)19-14-17(26)11-12-20(19)31-2/h3-14,22,28H,1-2H3/b23-21+. The zero-order chi connectivity index (χ0) is 22.1. The van der Waals surface area contributed by atoms with E-state index in [-0.39, 0.29) is 16.9 Å². The highest BCUT2D eigenvalue weighted by atomic mass is 35.5. The molecule has 156 valence electrons. The number of amides is 1. The Kier molecular flexibility index (Phi) is 5.53. The SMILES string of the molecule is COc1ccc(Cl)cc1/C(O)=C1\C(=O)C(=O)N(c2cccc(C)c2)C1c1ccccc1. The summed E-state index contributed by atoms with van der Waals surface area (Å²) in [5, 5.41) is 11.6. The van der Waals surface area contributed by atoms with Crippen LogP contribution in [0.25, 0.3) is 5.76 Å². The van der Waals surface area contributed by atoms with Crippen LogP contribution >= 0.6 is 11.6 Å². The minimum atomic E-state index is -0.799. The van der Waals surface area contributed by atoms with Crippen LogP contribution in [0.4, 0.5) is 5.69 Å². The van der Waals surface area contributed by atoms with Crippen molar-refractivity contribution in [1.82, 2.24) is 0 Å². The zero-order valence-corrected chi connectivity index (χ0v) is 17.8. The van der Waals surface area contributed by atoms with Crippen molar-refractivity contribution in [2.45, 2.75) is 13.0 Å². The van der Waals surface area contributed by atoms with E-state index in [0.29, 0.717) is 22.0 Å². The Morgan fingerprint density at radius 1 is 1.00 bits per heavy atom. The fourth-order valence-electron chi connectivity index (χ4n) is 3.84. The molecule has 0 saturated carbocycles. The molecule has 1 N–H and O–H groups in total. The largest absolute Gasteiger partial charge is 0.507 e. The number of ketones is 1. The first-order valence-electron chi connectivity index (χ1n) is 9.69. The summed E-state index contributed by atoms with van der Waals surface area (Å²) in [6, 6.07) is 20.4. The number of aliphatic hydroxyl groups excluding tert-OH is 1. The van der Waals surface area contributed by atoms with Crippen molar-refractivity contribution in [3.63, 3.8) is 0 Å². The highest BCUT2D eigenvalue weighted by Crippen LogP contribution is 2.43. The van der Waals surface area contributed by atoms with Gasteiger partial charge < -0.3 is 9.84 Å². The quantitative estimate of drug-likeness (QED) is 0.345. The minimum Gasteiger partial charge on any atom is -0.507 e. The smallest absolute Gasteiger partial charge is 0.300 e. The van der Waals surface area contributed by atoms with Gasteiger partial charge in [-0.05, 0) is 48.4 Å². The highest BCUT2D eigenvalue weighted by molar-refractivity contribution is 6.51. The summed E-state index contributed by atoms with van der Waals surface area (Å²) in [5.74, 6) is -1.46. The van der Waals surface area contributed by atoms with Gasteiger partial charge in [0.2, 0.25) is 0 Å². The summed E-state index contributed by atoms with van der Waals surface area (Å²) in [4.78, 5) is 27.7. The Labute approximate surface area is 185 Å². The third-order valence-corrected chi connectivity index (χ3v) is 5.49. The summed E-state index contributed by atoms with van der Waals surface area (Å²) in [6.45, 7) is 1.91. The van der Waals surface area contributed by atoms with Crippen LogP contribution in [-0.4, -0.2) is 23.9 Å². The van der Waals surface area contributed by atoms with Crippen LogP contribution in [0.15, 0.2) is 78.4 Å². The van der Waals surface area contributed by atoms with Gasteiger partial charge in [-0.25, -0.2) is 0 Å². The van der Waals surface area contributed by atoms with Crippen molar-refractivity contribution in [3.8, 4) is 5.75 Å². The number of halogens is 1. The van der Waals surface area contributed by atoms with Crippen molar-refractivity contribution in [1.29, 1.82) is 0 Å². The Morgan fingerprint density at radius 3 is 2.42 bits per heavy atom. The lowest BCUT2D eigenvalue weighted by Gasteiger charge is -2.25. The van der Waals surface area contributed by atoms with Crippen LogP contribution in [-0.2, 0) is 9.59 Å². The Bertz CT molecular complexity index is 1200. The number of aryl methyl sites for hydroxylation is 1. The molecule has 1 aliphatic rings. The normalized spacial score (nSPS) is 17.8. The molecule has 5 nitrogen and oxygen atoms in total. The molecule has 0 aliphatic carbocycles. The molecule has 3 aromatic rings. The fraction of sp³-hybridized carbons (Fsp3) is 0.120. The number of carbonyl (C=O) groups excluding carboxylic acids is 2. The molecule has 4 rings (SSSR count). The topological polar surface area (TPSA) is 66.8 Å². The van der Waals surface area contributed by atoms with Crippen molar-refractivity contribution < 1.29 is 19.4 Å². The highest BCUT2D eigenvalue weighted by Gasteiger charge is 2.47. The monoisotopic (exact) mass is 433 g/mol. The molecule has 1 aliphatic heterocycles. The van der Waals surface area contributed by atoms with E-state index in [2.05, 4.69) is 0 Å². The maximum Gasteiger partial charge on any atom is 0.300 e. The van der Waals surface area contributed by atoms with Crippen LogP contribution in [0.2, 0.25) is 5.02 Å². The molecule has 31 heavy (non-hydrogen) atoms. The van der Waals surface area contributed by atoms with E-state index in [1.807, 2.05) is 55.5 Å². The van der Waals surface area contributed by atoms with Gasteiger partial charge in [-0.2, -0.15) is 0 Å². The first-order chi connectivity index (χ1) is 14.9. The second-order valence-corrected chi connectivity index (χ2v) is 7.70. The maximum absolute atomic E-state index is 13.2. The second-order valence-electron chi connectivity index (χ2n) is 7.26. The molecule has 1 atom stereocenters. The van der Waals surface area contributed by atoms with Gasteiger partial charge in [0, 0.05) is 10.7 Å². The van der Waals surface area contributed by atoms with Gasteiger partial charge in [-0.15, -0.1) is 0 Å². The molecule has 1 unspecified atom stereocenters. The number of rotatable bonds is 4. The summed E-state index contributed by atoms with van der Waals surface area (Å²) < 4.78 is 5.35. The molecular weight excluding hydrogens is 414 g/mol. The molecule has 1 fully saturated rings. The van der Waals surface area contributed by atoms with Crippen LogP contribution in [0.1, 0.15) is 22.7 Å². The summed E-state index contributed by atoms with van der Waals surface area (Å²) in [7, 11) is 1.46. The second kappa shape index (κ2) is 8.28. The third kappa shape index (κ3) is 3.68. The maximum atomic E-state index is 13.2. The fourth-order valence-corrected chi connectivity index (χ4v) is 4.01. The first-order valence-corrected chi connectivity index (χ1v) is 10.1. The van der Waals surface area contributed by atoms with E-state index in [9.17, 15) is 14.7 Å². The molecule has 1 saturated heterocycles. The van der Waals surface area contributed by atoms with Crippen molar-refractivity contribution in [2.75, 3.05) is 12.0 Å². The van der Waals surface area contributed by atoms with E-state index in [1.165, 1.54) is 18.1 Å². The molecule has 6 heteroatoms. The van der Waals surface area contributed by atoms with Gasteiger partial charge in [0.25, 0.3) is 11.7 Å². The number of hydrogen-bond donors (Lipinski definition) is 1. The van der Waals surface area contributed by atoms with Crippen LogP contribution < -0.4 is 9.64 Å². The molecular formula is C25H20ClNO4. The van der Waals surface area contributed by atoms with E-state index >= 15 is 0 Å². The van der Waals surface area contributed by atoms with Crippen LogP contribution in [0.5, 0.6) is 5.75 Å². The number of carbonyl (C=O) groups is 2. The van der Waals surface area contributed by atoms with Crippen molar-refractivity contribution >= 4 is 34.7 Å². The Balaban J connectivity index is 1.99. The van der Waals surface area contributed by atoms with Gasteiger partial charge in [-0.3, -0.25) is 14.5 Å². The number of anilines is 1. The average molecular weight is 434 g/mol. The summed E-state index contributed by atoms with van der Waals surface area (Å²) in [6.07, 6.45) is 0. The Morgan fingerprint density at radius 2 is 1.74 bits per heavy atom. The predicted molar refractivity (Wildman–Crippen MR) is 120 cm³/mol. The number of Topliss-reactive ketones (excluding diaryl/α,β-unsaturated/α-hetero) is 1. The van der Waals surface area contributed by atoms with E-state index < -0.39 is 17.7 Å². The molecule has 0 radical (unpaired) electrons. The van der Waals surface area contributed by atoms with Crippen LogP contribution in [0, 0.1) is 6.92 Å². The molecule has 1 amide bonds. The van der Waals surface area contributed by atoms with Gasteiger partial charge >= 0.3 is 0 Å². The summed E-state index contributed by atoms with van der Waals surface area (Å²) >= 11 is 6.13. The Hall–Kier alpha value is -3.57. The number of ether oxygens (including phenoxy) is 1. The van der Waals surface area contributed by atoms with Gasteiger partial charge in [0.05, 0.1) is 24.3 Å². The zero-order valence-electron chi connectivity index (χ0n) is 17.0. The number of benzene rings is 3. The van der Waals surface area contributed by atoms with Crippen molar-refractivity contribution in [2.24, 2.45) is 0 Å². The summed E-state index contributed by atoms with van der Waals surface area (Å²) in [5.41, 5.74) is 2.46. The van der Waals surface area contributed by atoms with E-state index in [1.54, 1.807) is 18.2 Å². The predicted octanol–water partition coefficient (Wildman–Crippen LogP) is 5.28. The van der Waals surface area contributed by atoms with Gasteiger partial charge in [0.1, 0.15) is 11.5 Å². The lowest BCUT2D eigenvalue weighted by atomic mass is 9.95. The first kappa shape index (κ1) is 20.7. The molecule has 0 aromatic heterocycles. The average Bonchev–Trinajstić information content (AvgIpc) is 3.04. The number of hydrogen-bond acceptors (Lipinski definition) is 4. The lowest BCUT2D eigenvalue weighted by molar-refractivity contribution is -0.132. The van der Waals surface area contributed by atoms with Gasteiger partial charge in [0.15, 0.2) is 0 Å². The number of aliphatic hydroxyl groups is 1. The van der Waals surface area contributed by atoms with E-state index in [0.717, 1.165) is 5.56 Å². The van der Waals surface area contributed by atoms with Crippen LogP contribution in [0.3, 0.4) is 0 Å². The van der Waals surface area contributed by atoms with E-state index in [4.69, 9.17) is 16.3 Å². The third-order valence-electron chi connectivity index (χ3n) is 5.26. The molecule has 3 aromatic carbocycles. The molecule has 0 bridgehead atoms. The molecule has 1 heterocycles. The minimum absolute atomic E-state index is 0.0155.